The molecule has 0 radical (unpaired) electrons. The number of aliphatic imine (C=N–C) groups is 1. The number of allylic oxidation sites excluding steroid dienone is 4. The van der Waals surface area contributed by atoms with Crippen LogP contribution in [0.1, 0.15) is 92.6 Å². The Kier molecular flexibility index (Phi) is 27.7. The standard InChI is InChI=1S/C20H28N2O2.C7H17N.C3H8/c1-4-8-17(3)9-6-7-14-21-15-18-10-12-19(13-11-18)22-16-20(23)24-5-2;1-3-5-7-8-6-4-2;1-3-2/h6,8-14,22H,4-5,7,15-16H2,1-3H3;8H,3-7H2,1-2H3;3H2,1-2H3/b9-6-,17-8-,21-14?;;. The van der Waals surface area contributed by atoms with Crippen molar-refractivity contribution in [2.24, 2.45) is 4.99 Å². The van der Waals surface area contributed by atoms with Gasteiger partial charge in [0.25, 0.3) is 0 Å². The van der Waals surface area contributed by atoms with E-state index >= 15 is 0 Å². The van der Waals surface area contributed by atoms with Crippen molar-refractivity contribution < 1.29 is 9.53 Å². The second kappa shape index (κ2) is 27.8. The fourth-order valence-corrected chi connectivity index (χ4v) is 2.67. The molecule has 5 heteroatoms. The zero-order valence-corrected chi connectivity index (χ0v) is 23.7. The Hall–Kier alpha value is -2.40. The van der Waals surface area contributed by atoms with E-state index in [4.69, 9.17) is 4.74 Å². The van der Waals surface area contributed by atoms with Crippen molar-refractivity contribution in [1.82, 2.24) is 5.32 Å². The lowest BCUT2D eigenvalue weighted by atomic mass is 10.2. The summed E-state index contributed by atoms with van der Waals surface area (Å²) in [7, 11) is 0. The highest BCUT2D eigenvalue weighted by Crippen LogP contribution is 2.10. The van der Waals surface area contributed by atoms with E-state index in [9.17, 15) is 4.79 Å². The first kappa shape index (κ1) is 34.8. The summed E-state index contributed by atoms with van der Waals surface area (Å²) in [6, 6.07) is 7.91. The molecule has 0 fully saturated rings. The summed E-state index contributed by atoms with van der Waals surface area (Å²) in [5.74, 6) is -0.247. The minimum Gasteiger partial charge on any atom is -0.465 e. The summed E-state index contributed by atoms with van der Waals surface area (Å²) >= 11 is 0. The molecule has 1 aromatic carbocycles. The molecule has 0 aliphatic carbocycles. The van der Waals surface area contributed by atoms with Gasteiger partial charge in [-0.2, -0.15) is 0 Å². The molecule has 0 aliphatic rings. The first-order valence-electron chi connectivity index (χ1n) is 13.5. The van der Waals surface area contributed by atoms with Crippen molar-refractivity contribution in [3.63, 3.8) is 0 Å². The van der Waals surface area contributed by atoms with Crippen LogP contribution >= 0.6 is 0 Å². The largest absolute Gasteiger partial charge is 0.465 e. The van der Waals surface area contributed by atoms with E-state index in [-0.39, 0.29) is 12.5 Å². The van der Waals surface area contributed by atoms with Gasteiger partial charge in [0, 0.05) is 18.3 Å². The number of benzene rings is 1. The third kappa shape index (κ3) is 26.1. The zero-order valence-electron chi connectivity index (χ0n) is 23.7. The Morgan fingerprint density at radius 2 is 1.69 bits per heavy atom. The summed E-state index contributed by atoms with van der Waals surface area (Å²) in [6.07, 6.45) is 15.4. The van der Waals surface area contributed by atoms with Crippen molar-refractivity contribution in [1.29, 1.82) is 0 Å². The van der Waals surface area contributed by atoms with Gasteiger partial charge >= 0.3 is 5.97 Å². The lowest BCUT2D eigenvalue weighted by Gasteiger charge is -2.06. The minimum atomic E-state index is -0.247. The lowest BCUT2D eigenvalue weighted by molar-refractivity contribution is -0.140. The highest BCUT2D eigenvalue weighted by atomic mass is 16.5. The summed E-state index contributed by atoms with van der Waals surface area (Å²) < 4.78 is 4.87. The summed E-state index contributed by atoms with van der Waals surface area (Å²) in [4.78, 5) is 15.7. The van der Waals surface area contributed by atoms with Crippen molar-refractivity contribution in [3.8, 4) is 0 Å². The first-order valence-corrected chi connectivity index (χ1v) is 13.5. The van der Waals surface area contributed by atoms with E-state index < -0.39 is 0 Å². The molecule has 35 heavy (non-hydrogen) atoms. The Bertz CT molecular complexity index is 673. The average Bonchev–Trinajstić information content (AvgIpc) is 2.85. The Balaban J connectivity index is 0. The maximum Gasteiger partial charge on any atom is 0.325 e. The van der Waals surface area contributed by atoms with Crippen molar-refractivity contribution in [3.05, 3.63) is 53.6 Å². The fourth-order valence-electron chi connectivity index (χ4n) is 2.67. The highest BCUT2D eigenvalue weighted by Gasteiger charge is 2.00. The van der Waals surface area contributed by atoms with E-state index in [2.05, 4.69) is 75.4 Å². The third-order valence-electron chi connectivity index (χ3n) is 4.38. The predicted octanol–water partition coefficient (Wildman–Crippen LogP) is 7.74. The van der Waals surface area contributed by atoms with E-state index in [1.54, 1.807) is 6.92 Å². The van der Waals surface area contributed by atoms with Gasteiger partial charge < -0.3 is 15.4 Å². The van der Waals surface area contributed by atoms with Gasteiger partial charge in [0.1, 0.15) is 6.54 Å². The maximum absolute atomic E-state index is 11.3. The molecule has 0 saturated carbocycles. The summed E-state index contributed by atoms with van der Waals surface area (Å²) in [6.45, 7) is 18.3. The minimum absolute atomic E-state index is 0.184. The number of ether oxygens (including phenoxy) is 1. The molecule has 0 saturated heterocycles. The van der Waals surface area contributed by atoms with Crippen LogP contribution in [0.5, 0.6) is 0 Å². The highest BCUT2D eigenvalue weighted by molar-refractivity contribution is 5.74. The van der Waals surface area contributed by atoms with Crippen LogP contribution < -0.4 is 10.6 Å². The zero-order chi connectivity index (χ0) is 26.6. The van der Waals surface area contributed by atoms with Crippen LogP contribution in [0.25, 0.3) is 0 Å². The van der Waals surface area contributed by atoms with Gasteiger partial charge in [0.15, 0.2) is 0 Å². The number of carbonyl (C=O) groups excluding carboxylic acids is 1. The molecule has 5 nitrogen and oxygen atoms in total. The number of hydrogen-bond donors (Lipinski definition) is 2. The van der Waals surface area contributed by atoms with Gasteiger partial charge in [-0.15, -0.1) is 0 Å². The summed E-state index contributed by atoms with van der Waals surface area (Å²) in [5, 5.41) is 6.37. The third-order valence-corrected chi connectivity index (χ3v) is 4.38. The van der Waals surface area contributed by atoms with Crippen LogP contribution in [0.4, 0.5) is 5.69 Å². The van der Waals surface area contributed by atoms with Gasteiger partial charge in [-0.25, -0.2) is 0 Å². The molecular weight excluding hydrogens is 434 g/mol. The smallest absolute Gasteiger partial charge is 0.325 e. The number of carbonyl (C=O) groups is 1. The van der Waals surface area contributed by atoms with Crippen LogP contribution in [0.3, 0.4) is 0 Å². The molecular formula is C30H53N3O2. The molecule has 0 aliphatic heterocycles. The molecule has 1 rings (SSSR count). The summed E-state index contributed by atoms with van der Waals surface area (Å²) in [5.41, 5.74) is 3.33. The number of nitrogens with zero attached hydrogens (tertiary/aromatic N) is 1. The number of anilines is 1. The van der Waals surface area contributed by atoms with E-state index in [1.807, 2.05) is 30.5 Å². The maximum atomic E-state index is 11.3. The number of rotatable bonds is 15. The number of hydrogen-bond acceptors (Lipinski definition) is 5. The molecule has 0 atom stereocenters. The van der Waals surface area contributed by atoms with Gasteiger partial charge in [-0.3, -0.25) is 9.79 Å². The van der Waals surface area contributed by atoms with Gasteiger partial charge in [0.2, 0.25) is 0 Å². The molecule has 0 amide bonds. The monoisotopic (exact) mass is 487 g/mol. The average molecular weight is 488 g/mol. The normalized spacial score (nSPS) is 11.0. The second-order valence-corrected chi connectivity index (χ2v) is 8.18. The van der Waals surface area contributed by atoms with Crippen LogP contribution in [0.15, 0.2) is 53.1 Å². The van der Waals surface area contributed by atoms with E-state index in [0.717, 1.165) is 24.1 Å². The van der Waals surface area contributed by atoms with E-state index in [1.165, 1.54) is 44.3 Å². The Morgan fingerprint density at radius 3 is 2.26 bits per heavy atom. The number of nitrogens with one attached hydrogen (secondary N) is 2. The van der Waals surface area contributed by atoms with Crippen LogP contribution in [-0.4, -0.2) is 38.4 Å². The molecule has 200 valence electrons. The van der Waals surface area contributed by atoms with Crippen LogP contribution in [0, 0.1) is 0 Å². The molecule has 0 aromatic heterocycles. The van der Waals surface area contributed by atoms with Gasteiger partial charge in [-0.05, 0) is 63.9 Å². The fraction of sp³-hybridized carbons (Fsp3) is 0.600. The van der Waals surface area contributed by atoms with Crippen molar-refractivity contribution >= 4 is 17.9 Å². The molecule has 0 spiro atoms. The second-order valence-electron chi connectivity index (χ2n) is 8.18. The predicted molar refractivity (Wildman–Crippen MR) is 156 cm³/mol. The first-order chi connectivity index (χ1) is 17.0. The van der Waals surface area contributed by atoms with Crippen molar-refractivity contribution in [2.45, 2.75) is 93.5 Å². The molecule has 0 bridgehead atoms. The molecule has 1 aromatic rings. The van der Waals surface area contributed by atoms with Gasteiger partial charge in [0.05, 0.1) is 13.2 Å². The SMILES string of the molecule is CC/C=C(C)\C=C/CC=NCc1ccc(NCC(=O)OCC)cc1.CCC.CCCCNCCC. The quantitative estimate of drug-likeness (QED) is 0.115. The molecule has 0 heterocycles. The van der Waals surface area contributed by atoms with Crippen LogP contribution in [-0.2, 0) is 16.1 Å². The molecule has 0 unspecified atom stereocenters. The van der Waals surface area contributed by atoms with Gasteiger partial charge in [-0.1, -0.05) is 83.4 Å². The molecule has 2 N–H and O–H groups in total. The number of esters is 1. The van der Waals surface area contributed by atoms with Crippen molar-refractivity contribution in [2.75, 3.05) is 31.6 Å². The topological polar surface area (TPSA) is 62.7 Å². The number of unbranched alkanes of at least 4 members (excludes halogenated alkanes) is 1. The Morgan fingerprint density at radius 1 is 1.00 bits per heavy atom. The Labute approximate surface area is 216 Å². The van der Waals surface area contributed by atoms with E-state index in [0.29, 0.717) is 13.2 Å². The lowest BCUT2D eigenvalue weighted by Crippen LogP contribution is -2.16. The van der Waals surface area contributed by atoms with Crippen LogP contribution in [0.2, 0.25) is 0 Å².